The van der Waals surface area contributed by atoms with Crippen LogP contribution in [0.4, 0.5) is 10.5 Å². The molecule has 0 radical (unpaired) electrons. The highest BCUT2D eigenvalue weighted by Gasteiger charge is 2.22. The summed E-state index contributed by atoms with van der Waals surface area (Å²) in [4.78, 5) is 16.2. The highest BCUT2D eigenvalue weighted by atomic mass is 16.5. The van der Waals surface area contributed by atoms with E-state index in [4.69, 9.17) is 9.72 Å². The topological polar surface area (TPSA) is 56.1 Å². The molecule has 0 spiro atoms. The maximum Gasteiger partial charge on any atom is 0.411 e. The predicted molar refractivity (Wildman–Crippen MR) is 82.6 cm³/mol. The zero-order valence-corrected chi connectivity index (χ0v) is 12.6. The quantitative estimate of drug-likeness (QED) is 0.934. The van der Waals surface area contributed by atoms with Crippen LogP contribution in [0.15, 0.2) is 18.2 Å². The molecule has 1 N–H and O–H groups in total. The van der Waals surface area contributed by atoms with Crippen LogP contribution in [0, 0.1) is 0 Å². The lowest BCUT2D eigenvalue weighted by molar-refractivity contribution is 0.168. The minimum absolute atomic E-state index is 0.365. The second-order valence-electron chi connectivity index (χ2n) is 5.56. The van der Waals surface area contributed by atoms with Crippen molar-refractivity contribution >= 4 is 22.8 Å². The second kappa shape index (κ2) is 5.76. The van der Waals surface area contributed by atoms with E-state index in [0.717, 1.165) is 22.5 Å². The van der Waals surface area contributed by atoms with Gasteiger partial charge in [-0.1, -0.05) is 12.8 Å². The van der Waals surface area contributed by atoms with Gasteiger partial charge in [-0.25, -0.2) is 9.78 Å². The van der Waals surface area contributed by atoms with Crippen LogP contribution >= 0.6 is 0 Å². The summed E-state index contributed by atoms with van der Waals surface area (Å²) in [6.07, 6.45) is 4.62. The van der Waals surface area contributed by atoms with E-state index in [9.17, 15) is 4.79 Å². The molecule has 5 heteroatoms. The summed E-state index contributed by atoms with van der Waals surface area (Å²) in [5.41, 5.74) is 2.75. The number of ether oxygens (including phenoxy) is 1. The number of nitrogens with one attached hydrogen (secondary N) is 1. The van der Waals surface area contributed by atoms with Gasteiger partial charge in [-0.3, -0.25) is 5.32 Å². The Labute approximate surface area is 124 Å². The first-order valence-electron chi connectivity index (χ1n) is 7.59. The highest BCUT2D eigenvalue weighted by molar-refractivity contribution is 5.88. The van der Waals surface area contributed by atoms with Crippen molar-refractivity contribution in [1.29, 1.82) is 0 Å². The van der Waals surface area contributed by atoms with Gasteiger partial charge < -0.3 is 9.30 Å². The molecule has 0 saturated heterocycles. The number of anilines is 1. The lowest BCUT2D eigenvalue weighted by Gasteiger charge is -2.08. The number of fused-ring (bicyclic) bond motifs is 1. The minimum atomic E-state index is -0.427. The number of aromatic nitrogens is 2. The van der Waals surface area contributed by atoms with Crippen LogP contribution in [0.3, 0.4) is 0 Å². The first-order chi connectivity index (χ1) is 10.2. The number of carbonyl (C=O) groups is 1. The summed E-state index contributed by atoms with van der Waals surface area (Å²) in [5.74, 6) is 1.74. The first kappa shape index (κ1) is 13.9. The molecule has 1 amide bonds. The van der Waals surface area contributed by atoms with Gasteiger partial charge in [0.2, 0.25) is 0 Å². The summed E-state index contributed by atoms with van der Waals surface area (Å²) in [6.45, 7) is 2.15. The fourth-order valence-electron chi connectivity index (χ4n) is 3.13. The average Bonchev–Trinajstić information content (AvgIpc) is 3.07. The van der Waals surface area contributed by atoms with E-state index in [1.165, 1.54) is 25.7 Å². The number of aryl methyl sites for hydroxylation is 1. The lowest BCUT2D eigenvalue weighted by Crippen LogP contribution is -2.13. The van der Waals surface area contributed by atoms with Crippen LogP contribution in [0.1, 0.15) is 44.3 Å². The van der Waals surface area contributed by atoms with Crippen LogP contribution in [0.2, 0.25) is 0 Å². The van der Waals surface area contributed by atoms with Gasteiger partial charge in [0.15, 0.2) is 0 Å². The highest BCUT2D eigenvalue weighted by Crippen LogP contribution is 2.35. The van der Waals surface area contributed by atoms with Gasteiger partial charge in [0.25, 0.3) is 0 Å². The number of carbonyl (C=O) groups excluding carboxylic acids is 1. The van der Waals surface area contributed by atoms with Crippen LogP contribution in [-0.4, -0.2) is 22.3 Å². The molecule has 0 aliphatic heterocycles. The smallest absolute Gasteiger partial charge is 0.411 e. The van der Waals surface area contributed by atoms with Crippen LogP contribution in [0.25, 0.3) is 11.0 Å². The van der Waals surface area contributed by atoms with Gasteiger partial charge in [0.05, 0.1) is 17.6 Å². The molecule has 0 atom stereocenters. The van der Waals surface area contributed by atoms with Crippen molar-refractivity contribution in [2.45, 2.75) is 38.5 Å². The zero-order valence-electron chi connectivity index (χ0n) is 12.6. The molecule has 5 nitrogen and oxygen atoms in total. The molecule has 1 saturated carbocycles. The molecule has 0 unspecified atom stereocenters. The summed E-state index contributed by atoms with van der Waals surface area (Å²) < 4.78 is 7.07. The van der Waals surface area contributed by atoms with Crippen molar-refractivity contribution in [1.82, 2.24) is 9.55 Å². The molecule has 0 bridgehead atoms. The number of nitrogens with zero attached hydrogens (tertiary/aromatic N) is 2. The summed E-state index contributed by atoms with van der Waals surface area (Å²) in [6, 6.07) is 5.80. The van der Waals surface area contributed by atoms with E-state index in [2.05, 4.69) is 16.9 Å². The number of hydrogen-bond acceptors (Lipinski definition) is 3. The molecule has 3 rings (SSSR count). The molecule has 21 heavy (non-hydrogen) atoms. The Morgan fingerprint density at radius 2 is 2.19 bits per heavy atom. The molecule has 1 aliphatic carbocycles. The molecule has 1 aromatic heterocycles. The second-order valence-corrected chi connectivity index (χ2v) is 5.56. The zero-order chi connectivity index (χ0) is 14.8. The van der Waals surface area contributed by atoms with Crippen LogP contribution in [0.5, 0.6) is 0 Å². The van der Waals surface area contributed by atoms with Crippen molar-refractivity contribution in [2.24, 2.45) is 7.05 Å². The Balaban J connectivity index is 1.89. The molecule has 1 aromatic carbocycles. The molecular formula is C16H21N3O2. The first-order valence-corrected chi connectivity index (χ1v) is 7.59. The Morgan fingerprint density at radius 3 is 2.90 bits per heavy atom. The summed E-state index contributed by atoms with van der Waals surface area (Å²) in [7, 11) is 2.07. The van der Waals surface area contributed by atoms with Crippen molar-refractivity contribution in [3.63, 3.8) is 0 Å². The SMILES string of the molecule is CCOC(=O)Nc1ccc2c(c1)nc(C1CCCC1)n2C. The van der Waals surface area contributed by atoms with Crippen LogP contribution < -0.4 is 5.32 Å². The van der Waals surface area contributed by atoms with E-state index < -0.39 is 6.09 Å². The molecule has 1 heterocycles. The standard InChI is InChI=1S/C16H21N3O2/c1-3-21-16(20)17-12-8-9-14-13(10-12)18-15(19(14)2)11-6-4-5-7-11/h8-11H,3-7H2,1-2H3,(H,17,20). The Morgan fingerprint density at radius 1 is 1.43 bits per heavy atom. The average molecular weight is 287 g/mol. The summed E-state index contributed by atoms with van der Waals surface area (Å²) >= 11 is 0. The fourth-order valence-corrected chi connectivity index (χ4v) is 3.13. The fraction of sp³-hybridized carbons (Fsp3) is 0.500. The molecular weight excluding hydrogens is 266 g/mol. The van der Waals surface area contributed by atoms with E-state index in [0.29, 0.717) is 12.5 Å². The van der Waals surface area contributed by atoms with Crippen LogP contribution in [-0.2, 0) is 11.8 Å². The monoisotopic (exact) mass is 287 g/mol. The van der Waals surface area contributed by atoms with Gasteiger partial charge in [0.1, 0.15) is 5.82 Å². The number of rotatable bonds is 3. The van der Waals surface area contributed by atoms with Gasteiger partial charge in [0, 0.05) is 18.7 Å². The van der Waals surface area contributed by atoms with E-state index in [1.807, 2.05) is 18.2 Å². The van der Waals surface area contributed by atoms with Gasteiger partial charge in [-0.2, -0.15) is 0 Å². The molecule has 2 aromatic rings. The van der Waals surface area contributed by atoms with E-state index in [1.54, 1.807) is 6.92 Å². The number of hydrogen-bond donors (Lipinski definition) is 1. The van der Waals surface area contributed by atoms with Crippen molar-refractivity contribution in [3.05, 3.63) is 24.0 Å². The predicted octanol–water partition coefficient (Wildman–Crippen LogP) is 3.80. The number of amides is 1. The number of benzene rings is 1. The third kappa shape index (κ3) is 2.73. The third-order valence-corrected chi connectivity index (χ3v) is 4.16. The van der Waals surface area contributed by atoms with Gasteiger partial charge >= 0.3 is 6.09 Å². The Hall–Kier alpha value is -2.04. The third-order valence-electron chi connectivity index (χ3n) is 4.16. The largest absolute Gasteiger partial charge is 0.450 e. The molecule has 1 fully saturated rings. The molecule has 1 aliphatic rings. The van der Waals surface area contributed by atoms with Crippen molar-refractivity contribution in [3.8, 4) is 0 Å². The van der Waals surface area contributed by atoms with Crippen molar-refractivity contribution < 1.29 is 9.53 Å². The Bertz CT molecular complexity index is 657. The van der Waals surface area contributed by atoms with Gasteiger partial charge in [-0.15, -0.1) is 0 Å². The maximum absolute atomic E-state index is 11.5. The summed E-state index contributed by atoms with van der Waals surface area (Å²) in [5, 5.41) is 2.72. The molecule has 112 valence electrons. The van der Waals surface area contributed by atoms with Crippen molar-refractivity contribution in [2.75, 3.05) is 11.9 Å². The lowest BCUT2D eigenvalue weighted by atomic mass is 10.1. The van der Waals surface area contributed by atoms with Gasteiger partial charge in [-0.05, 0) is 38.0 Å². The van der Waals surface area contributed by atoms with E-state index >= 15 is 0 Å². The number of imidazole rings is 1. The minimum Gasteiger partial charge on any atom is -0.450 e. The maximum atomic E-state index is 11.5. The van der Waals surface area contributed by atoms with E-state index in [-0.39, 0.29) is 0 Å². The Kier molecular flexibility index (Phi) is 3.82. The normalized spacial score (nSPS) is 15.5.